The molecule has 104 valence electrons. The van der Waals surface area contributed by atoms with Crippen molar-refractivity contribution in [3.05, 3.63) is 30.1 Å². The zero-order chi connectivity index (χ0) is 13.5. The van der Waals surface area contributed by atoms with Gasteiger partial charge in [0.15, 0.2) is 0 Å². The summed E-state index contributed by atoms with van der Waals surface area (Å²) in [6.45, 7) is 3.54. The fourth-order valence-electron chi connectivity index (χ4n) is 2.42. The molecule has 2 heterocycles. The molecule has 1 aliphatic heterocycles. The average Bonchev–Trinajstić information content (AvgIpc) is 2.44. The number of hydrogen-bond donors (Lipinski definition) is 2. The minimum absolute atomic E-state index is 0.0926. The third kappa shape index (κ3) is 4.87. The van der Waals surface area contributed by atoms with Gasteiger partial charge in [-0.3, -0.25) is 4.98 Å². The number of aromatic nitrogens is 1. The maximum Gasteiger partial charge on any atom is 0.315 e. The van der Waals surface area contributed by atoms with Crippen molar-refractivity contribution in [2.45, 2.75) is 19.4 Å². The smallest absolute Gasteiger partial charge is 0.315 e. The Morgan fingerprint density at radius 1 is 1.42 bits per heavy atom. The SMILES string of the molecule is CN1CCCC(CNC(=O)NCc2ccncc2)C1. The van der Waals surface area contributed by atoms with E-state index >= 15 is 0 Å². The fourth-order valence-corrected chi connectivity index (χ4v) is 2.42. The van der Waals surface area contributed by atoms with Gasteiger partial charge in [0.1, 0.15) is 0 Å². The van der Waals surface area contributed by atoms with Crippen LogP contribution >= 0.6 is 0 Å². The molecule has 1 saturated heterocycles. The predicted octanol–water partition coefficient (Wildman–Crippen LogP) is 1.22. The highest BCUT2D eigenvalue weighted by molar-refractivity contribution is 5.73. The first-order chi connectivity index (χ1) is 9.24. The average molecular weight is 262 g/mol. The van der Waals surface area contributed by atoms with E-state index in [1.165, 1.54) is 19.4 Å². The molecular formula is C14H22N4O. The molecular weight excluding hydrogens is 240 g/mol. The lowest BCUT2D eigenvalue weighted by atomic mass is 9.99. The van der Waals surface area contributed by atoms with Gasteiger partial charge in [0, 0.05) is 32.0 Å². The Morgan fingerprint density at radius 3 is 2.95 bits per heavy atom. The lowest BCUT2D eigenvalue weighted by molar-refractivity contribution is 0.202. The maximum atomic E-state index is 11.7. The van der Waals surface area contributed by atoms with Crippen LogP contribution in [0.4, 0.5) is 4.79 Å². The van der Waals surface area contributed by atoms with Crippen LogP contribution in [0.15, 0.2) is 24.5 Å². The van der Waals surface area contributed by atoms with E-state index in [-0.39, 0.29) is 6.03 Å². The molecule has 0 radical (unpaired) electrons. The van der Waals surface area contributed by atoms with Crippen LogP contribution in [0.3, 0.4) is 0 Å². The molecule has 2 rings (SSSR count). The quantitative estimate of drug-likeness (QED) is 0.858. The molecule has 2 N–H and O–H groups in total. The zero-order valence-corrected chi connectivity index (χ0v) is 11.4. The van der Waals surface area contributed by atoms with E-state index in [4.69, 9.17) is 0 Å². The normalized spacial score (nSPS) is 19.9. The summed E-state index contributed by atoms with van der Waals surface area (Å²) in [6.07, 6.45) is 5.88. The Bertz CT molecular complexity index is 396. The van der Waals surface area contributed by atoms with Gasteiger partial charge in [-0.15, -0.1) is 0 Å². The summed E-state index contributed by atoms with van der Waals surface area (Å²) in [5.41, 5.74) is 1.06. The topological polar surface area (TPSA) is 57.3 Å². The molecule has 0 aliphatic carbocycles. The van der Waals surface area contributed by atoms with Gasteiger partial charge in [0.25, 0.3) is 0 Å². The van der Waals surface area contributed by atoms with E-state index in [0.29, 0.717) is 12.5 Å². The molecule has 0 saturated carbocycles. The maximum absolute atomic E-state index is 11.7. The molecule has 0 spiro atoms. The first-order valence-corrected chi connectivity index (χ1v) is 6.83. The number of amides is 2. The number of urea groups is 1. The van der Waals surface area contributed by atoms with Gasteiger partial charge in [-0.1, -0.05) is 0 Å². The van der Waals surface area contributed by atoms with Crippen molar-refractivity contribution in [1.82, 2.24) is 20.5 Å². The summed E-state index contributed by atoms with van der Waals surface area (Å²) < 4.78 is 0. The molecule has 2 amide bonds. The van der Waals surface area contributed by atoms with Crippen molar-refractivity contribution < 1.29 is 4.79 Å². The largest absolute Gasteiger partial charge is 0.338 e. The lowest BCUT2D eigenvalue weighted by Gasteiger charge is -2.29. The van der Waals surface area contributed by atoms with Crippen molar-refractivity contribution in [2.75, 3.05) is 26.7 Å². The number of hydrogen-bond acceptors (Lipinski definition) is 3. The Balaban J connectivity index is 1.64. The van der Waals surface area contributed by atoms with Crippen LogP contribution in [-0.2, 0) is 6.54 Å². The van der Waals surface area contributed by atoms with Crippen molar-refractivity contribution >= 4 is 6.03 Å². The van der Waals surface area contributed by atoms with E-state index < -0.39 is 0 Å². The van der Waals surface area contributed by atoms with Gasteiger partial charge in [-0.25, -0.2) is 4.79 Å². The number of nitrogens with one attached hydrogen (secondary N) is 2. The summed E-state index contributed by atoms with van der Waals surface area (Å²) in [5.74, 6) is 0.574. The first-order valence-electron chi connectivity index (χ1n) is 6.83. The van der Waals surface area contributed by atoms with E-state index in [1.807, 2.05) is 12.1 Å². The second kappa shape index (κ2) is 7.09. The third-order valence-electron chi connectivity index (χ3n) is 3.48. The van der Waals surface area contributed by atoms with Gasteiger partial charge in [-0.05, 0) is 50.0 Å². The number of carbonyl (C=O) groups excluding carboxylic acids is 1. The molecule has 5 nitrogen and oxygen atoms in total. The molecule has 1 aromatic heterocycles. The number of carbonyl (C=O) groups is 1. The van der Waals surface area contributed by atoms with Crippen LogP contribution in [0.1, 0.15) is 18.4 Å². The molecule has 1 aliphatic rings. The molecule has 1 fully saturated rings. The van der Waals surface area contributed by atoms with Crippen LogP contribution in [0.5, 0.6) is 0 Å². The molecule has 1 unspecified atom stereocenters. The predicted molar refractivity (Wildman–Crippen MR) is 74.7 cm³/mol. The monoisotopic (exact) mass is 262 g/mol. The van der Waals surface area contributed by atoms with Crippen molar-refractivity contribution in [3.8, 4) is 0 Å². The summed E-state index contributed by atoms with van der Waals surface area (Å²) >= 11 is 0. The van der Waals surface area contributed by atoms with Crippen LogP contribution in [0.25, 0.3) is 0 Å². The van der Waals surface area contributed by atoms with Crippen molar-refractivity contribution in [1.29, 1.82) is 0 Å². The number of nitrogens with zero attached hydrogens (tertiary/aromatic N) is 2. The van der Waals surface area contributed by atoms with E-state index in [1.54, 1.807) is 12.4 Å². The number of piperidine rings is 1. The van der Waals surface area contributed by atoms with Crippen LogP contribution < -0.4 is 10.6 Å². The van der Waals surface area contributed by atoms with Crippen LogP contribution in [0, 0.1) is 5.92 Å². The Kier molecular flexibility index (Phi) is 5.15. The molecule has 0 aromatic carbocycles. The minimum atomic E-state index is -0.0926. The summed E-state index contributed by atoms with van der Waals surface area (Å²) in [6, 6.07) is 3.71. The number of likely N-dealkylation sites (tertiary alicyclic amines) is 1. The standard InChI is InChI=1S/C14H22N4O/c1-18-8-2-3-13(11-18)10-17-14(19)16-9-12-4-6-15-7-5-12/h4-7,13H,2-3,8-11H2,1H3,(H2,16,17,19). The molecule has 5 heteroatoms. The highest BCUT2D eigenvalue weighted by Gasteiger charge is 2.17. The van der Waals surface area contributed by atoms with E-state index in [0.717, 1.165) is 18.7 Å². The fraction of sp³-hybridized carbons (Fsp3) is 0.571. The summed E-state index contributed by atoms with van der Waals surface area (Å²) in [7, 11) is 2.13. The Hall–Kier alpha value is -1.62. The summed E-state index contributed by atoms with van der Waals surface area (Å²) in [4.78, 5) is 18.0. The number of pyridine rings is 1. The minimum Gasteiger partial charge on any atom is -0.338 e. The Morgan fingerprint density at radius 2 is 2.21 bits per heavy atom. The second-order valence-electron chi connectivity index (χ2n) is 5.19. The van der Waals surface area contributed by atoms with Crippen molar-refractivity contribution in [3.63, 3.8) is 0 Å². The van der Waals surface area contributed by atoms with Gasteiger partial charge >= 0.3 is 6.03 Å². The van der Waals surface area contributed by atoms with Gasteiger partial charge in [-0.2, -0.15) is 0 Å². The summed E-state index contributed by atoms with van der Waals surface area (Å²) in [5, 5.41) is 5.81. The molecule has 1 aromatic rings. The van der Waals surface area contributed by atoms with Gasteiger partial charge < -0.3 is 15.5 Å². The van der Waals surface area contributed by atoms with Gasteiger partial charge in [0.05, 0.1) is 0 Å². The van der Waals surface area contributed by atoms with Crippen LogP contribution in [-0.4, -0.2) is 42.6 Å². The molecule has 1 atom stereocenters. The highest BCUT2D eigenvalue weighted by atomic mass is 16.2. The Labute approximate surface area is 114 Å². The third-order valence-corrected chi connectivity index (χ3v) is 3.48. The second-order valence-corrected chi connectivity index (χ2v) is 5.19. The van der Waals surface area contributed by atoms with Crippen LogP contribution in [0.2, 0.25) is 0 Å². The number of rotatable bonds is 4. The van der Waals surface area contributed by atoms with E-state index in [9.17, 15) is 4.79 Å². The molecule has 19 heavy (non-hydrogen) atoms. The zero-order valence-electron chi connectivity index (χ0n) is 11.4. The lowest BCUT2D eigenvalue weighted by Crippen LogP contribution is -2.42. The molecule has 0 bridgehead atoms. The van der Waals surface area contributed by atoms with Gasteiger partial charge in [0.2, 0.25) is 0 Å². The highest BCUT2D eigenvalue weighted by Crippen LogP contribution is 2.13. The first kappa shape index (κ1) is 13.8. The van der Waals surface area contributed by atoms with Crippen molar-refractivity contribution in [2.24, 2.45) is 5.92 Å². The van der Waals surface area contributed by atoms with E-state index in [2.05, 4.69) is 27.6 Å².